The van der Waals surface area contributed by atoms with Gasteiger partial charge in [-0.15, -0.1) is 0 Å². The van der Waals surface area contributed by atoms with Crippen LogP contribution in [0.5, 0.6) is 5.75 Å². The lowest BCUT2D eigenvalue weighted by atomic mass is 10.0. The highest BCUT2D eigenvalue weighted by Gasteiger charge is 2.38. The smallest absolute Gasteiger partial charge is 0.387 e. The minimum Gasteiger partial charge on any atom is -0.591 e. The Kier molecular flexibility index (Phi) is 6.06. The summed E-state index contributed by atoms with van der Waals surface area (Å²) >= 11 is 8.21. The second-order valence-corrected chi connectivity index (χ2v) is 11.3. The molecule has 2 atom stereocenters. The zero-order chi connectivity index (χ0) is 22.5. The van der Waals surface area contributed by atoms with Crippen LogP contribution in [0.15, 0.2) is 45.3 Å². The maximum absolute atomic E-state index is 13.1. The van der Waals surface area contributed by atoms with Crippen LogP contribution in [0, 0.1) is 0 Å². The van der Waals surface area contributed by atoms with Crippen LogP contribution >= 0.6 is 27.5 Å². The highest BCUT2D eigenvalue weighted by Crippen LogP contribution is 2.44. The molecular formula is C21H19BrClF2N3O2S. The summed E-state index contributed by atoms with van der Waals surface area (Å²) in [5.41, 5.74) is 2.50. The second kappa shape index (κ2) is 8.35. The third-order valence-corrected chi connectivity index (χ3v) is 7.25. The molecule has 0 spiro atoms. The van der Waals surface area contributed by atoms with E-state index in [4.69, 9.17) is 16.3 Å². The van der Waals surface area contributed by atoms with Crippen molar-refractivity contribution in [1.29, 1.82) is 0 Å². The van der Waals surface area contributed by atoms with Crippen molar-refractivity contribution in [3.8, 4) is 5.75 Å². The van der Waals surface area contributed by atoms with Gasteiger partial charge in [-0.1, -0.05) is 38.0 Å². The number of ether oxygens (including phenoxy) is 1. The van der Waals surface area contributed by atoms with Gasteiger partial charge in [0.1, 0.15) is 27.6 Å². The largest absolute Gasteiger partial charge is 0.591 e. The van der Waals surface area contributed by atoms with E-state index in [2.05, 4.69) is 25.3 Å². The van der Waals surface area contributed by atoms with E-state index in [9.17, 15) is 13.3 Å². The standard InChI is InChI=1S/C21H19BrClF2N3O2S/c1-21(2,3)31(29)27-14-10-16(18-12(22)5-4-6-17(18)30-20(24)25)28-15-9-11(23)7-8-13(15)26-19(14)28/h4-9,16,20H,10H2,1-3H3/t16-,31?/m1/s1. The fourth-order valence-electron chi connectivity index (χ4n) is 3.54. The molecule has 10 heteroatoms. The molecule has 5 nitrogen and oxygen atoms in total. The van der Waals surface area contributed by atoms with E-state index in [0.717, 1.165) is 5.52 Å². The number of imidazole rings is 1. The van der Waals surface area contributed by atoms with E-state index in [-0.39, 0.29) is 5.75 Å². The highest BCUT2D eigenvalue weighted by molar-refractivity contribution is 9.10. The van der Waals surface area contributed by atoms with Gasteiger partial charge in [0.2, 0.25) is 0 Å². The summed E-state index contributed by atoms with van der Waals surface area (Å²) in [7, 11) is 0. The SMILES string of the molecule is CC(C)(C)[S+]([O-])N=C1C[C@H](c2c(Br)cccc2OC(F)F)n2c1nc1ccc(Cl)cc12. The number of aromatic nitrogens is 2. The number of benzene rings is 2. The van der Waals surface area contributed by atoms with Crippen molar-refractivity contribution in [2.24, 2.45) is 4.40 Å². The molecule has 0 radical (unpaired) electrons. The molecule has 1 unspecified atom stereocenters. The van der Waals surface area contributed by atoms with Gasteiger partial charge in [-0.25, -0.2) is 4.98 Å². The number of hydrogen-bond acceptors (Lipinski definition) is 4. The predicted octanol–water partition coefficient (Wildman–Crippen LogP) is 6.30. The third kappa shape index (κ3) is 4.33. The van der Waals surface area contributed by atoms with Crippen molar-refractivity contribution in [3.63, 3.8) is 0 Å². The molecule has 0 bridgehead atoms. The van der Waals surface area contributed by atoms with Crippen LogP contribution in [0.3, 0.4) is 0 Å². The van der Waals surface area contributed by atoms with E-state index in [0.29, 0.717) is 38.5 Å². The lowest BCUT2D eigenvalue weighted by molar-refractivity contribution is -0.0507. The minimum absolute atomic E-state index is 0.0578. The number of halogens is 4. The van der Waals surface area contributed by atoms with E-state index >= 15 is 0 Å². The van der Waals surface area contributed by atoms with Crippen LogP contribution in [-0.4, -0.2) is 31.2 Å². The topological polar surface area (TPSA) is 62.5 Å². The molecule has 0 saturated heterocycles. The summed E-state index contributed by atoms with van der Waals surface area (Å²) in [4.78, 5) is 4.68. The fraction of sp³-hybridized carbons (Fsp3) is 0.333. The van der Waals surface area contributed by atoms with Crippen molar-refractivity contribution >= 4 is 55.6 Å². The molecule has 31 heavy (non-hydrogen) atoms. The summed E-state index contributed by atoms with van der Waals surface area (Å²) in [6.45, 7) is 2.55. The van der Waals surface area contributed by atoms with Crippen molar-refractivity contribution in [2.75, 3.05) is 0 Å². The van der Waals surface area contributed by atoms with Crippen LogP contribution < -0.4 is 4.74 Å². The third-order valence-electron chi connectivity index (χ3n) is 4.89. The van der Waals surface area contributed by atoms with Gasteiger partial charge in [0, 0.05) is 21.5 Å². The number of alkyl halides is 2. The van der Waals surface area contributed by atoms with Crippen LogP contribution in [0.2, 0.25) is 5.02 Å². The van der Waals surface area contributed by atoms with E-state index in [1.165, 1.54) is 6.07 Å². The molecule has 1 aliphatic rings. The normalized spacial score (nSPS) is 18.7. The van der Waals surface area contributed by atoms with Crippen molar-refractivity contribution in [1.82, 2.24) is 9.55 Å². The Labute approximate surface area is 194 Å². The second-order valence-electron chi connectivity index (χ2n) is 8.09. The van der Waals surface area contributed by atoms with Crippen LogP contribution in [0.4, 0.5) is 8.78 Å². The maximum atomic E-state index is 13.1. The number of fused-ring (bicyclic) bond motifs is 3. The first-order chi connectivity index (χ1) is 14.6. The van der Waals surface area contributed by atoms with Crippen molar-refractivity contribution in [3.05, 3.63) is 57.3 Å². The lowest BCUT2D eigenvalue weighted by Crippen LogP contribution is -2.27. The number of rotatable bonds is 4. The average molecular weight is 531 g/mol. The molecule has 2 aromatic carbocycles. The monoisotopic (exact) mass is 529 g/mol. The van der Waals surface area contributed by atoms with Gasteiger partial charge < -0.3 is 13.9 Å². The zero-order valence-corrected chi connectivity index (χ0v) is 20.1. The Morgan fingerprint density at radius 1 is 1.32 bits per heavy atom. The summed E-state index contributed by atoms with van der Waals surface area (Å²) in [6, 6.07) is 9.74. The molecule has 3 aromatic rings. The molecule has 0 saturated carbocycles. The molecule has 164 valence electrons. The Morgan fingerprint density at radius 2 is 2.06 bits per heavy atom. The van der Waals surface area contributed by atoms with Crippen molar-refractivity contribution < 1.29 is 18.1 Å². The van der Waals surface area contributed by atoms with E-state index < -0.39 is 28.8 Å². The molecule has 0 N–H and O–H groups in total. The molecule has 1 aromatic heterocycles. The Morgan fingerprint density at radius 3 is 2.74 bits per heavy atom. The Balaban J connectivity index is 1.94. The van der Waals surface area contributed by atoms with Gasteiger partial charge in [0.15, 0.2) is 5.82 Å². The summed E-state index contributed by atoms with van der Waals surface area (Å²) in [5, 5.41) is 0.522. The summed E-state index contributed by atoms with van der Waals surface area (Å²) in [6.07, 6.45) is 0.328. The van der Waals surface area contributed by atoms with Gasteiger partial charge in [0.25, 0.3) is 0 Å². The van der Waals surface area contributed by atoms with Gasteiger partial charge in [-0.05, 0) is 51.1 Å². The van der Waals surface area contributed by atoms with Gasteiger partial charge >= 0.3 is 6.61 Å². The molecule has 1 aliphatic heterocycles. The molecular weight excluding hydrogens is 512 g/mol. The van der Waals surface area contributed by atoms with Crippen molar-refractivity contribution in [2.45, 2.75) is 44.6 Å². The maximum Gasteiger partial charge on any atom is 0.387 e. The molecule has 4 rings (SSSR count). The molecule has 0 aliphatic carbocycles. The van der Waals surface area contributed by atoms with Gasteiger partial charge in [-0.3, -0.25) is 0 Å². The number of hydrogen-bond donors (Lipinski definition) is 0. The Bertz CT molecular complexity index is 1180. The number of nitrogens with zero attached hydrogens (tertiary/aromatic N) is 3. The highest BCUT2D eigenvalue weighted by atomic mass is 79.9. The molecule has 2 heterocycles. The quantitative estimate of drug-likeness (QED) is 0.372. The summed E-state index contributed by atoms with van der Waals surface area (Å²) in [5.74, 6) is 0.598. The minimum atomic E-state index is -2.97. The van der Waals surface area contributed by atoms with Gasteiger partial charge in [-0.2, -0.15) is 8.78 Å². The zero-order valence-electron chi connectivity index (χ0n) is 16.9. The van der Waals surface area contributed by atoms with Crippen LogP contribution in [-0.2, 0) is 11.4 Å². The van der Waals surface area contributed by atoms with Gasteiger partial charge in [0.05, 0.1) is 17.1 Å². The lowest BCUT2D eigenvalue weighted by Gasteiger charge is -2.20. The Hall–Kier alpha value is -1.68. The first-order valence-corrected chi connectivity index (χ1v) is 11.7. The molecule has 0 fully saturated rings. The van der Waals surface area contributed by atoms with Crippen LogP contribution in [0.25, 0.3) is 11.0 Å². The van der Waals surface area contributed by atoms with Crippen LogP contribution in [0.1, 0.15) is 44.6 Å². The molecule has 0 amide bonds. The predicted molar refractivity (Wildman–Crippen MR) is 123 cm³/mol. The first-order valence-electron chi connectivity index (χ1n) is 9.47. The van der Waals surface area contributed by atoms with E-state index in [1.54, 1.807) is 30.3 Å². The first kappa shape index (κ1) is 22.5. The van der Waals surface area contributed by atoms with E-state index in [1.807, 2.05) is 25.3 Å². The average Bonchev–Trinajstić information content (AvgIpc) is 3.18. The fourth-order valence-corrected chi connectivity index (χ4v) is 4.95. The summed E-state index contributed by atoms with van der Waals surface area (Å²) < 4.78 is 50.2.